The molecule has 1 unspecified atom stereocenters. The van der Waals surface area contributed by atoms with Crippen LogP contribution in [0.2, 0.25) is 5.02 Å². The normalized spacial score (nSPS) is 21.2. The zero-order chi connectivity index (χ0) is 14.0. The van der Waals surface area contributed by atoms with Gasteiger partial charge >= 0.3 is 5.97 Å². The van der Waals surface area contributed by atoms with Crippen molar-refractivity contribution in [2.45, 2.75) is 10.9 Å². The van der Waals surface area contributed by atoms with E-state index in [-0.39, 0.29) is 17.2 Å². The van der Waals surface area contributed by atoms with E-state index in [0.29, 0.717) is 10.8 Å². The van der Waals surface area contributed by atoms with Crippen molar-refractivity contribution in [2.75, 3.05) is 18.1 Å². The number of halogens is 1. The first-order chi connectivity index (χ1) is 8.93. The summed E-state index contributed by atoms with van der Waals surface area (Å²) in [6, 6.07) is 4.71. The number of benzene rings is 1. The Morgan fingerprint density at radius 3 is 2.58 bits per heavy atom. The molecule has 104 valence electrons. The minimum Gasteiger partial charge on any atom is -0.480 e. The summed E-state index contributed by atoms with van der Waals surface area (Å²) in [6.07, 6.45) is 0. The number of carboxylic acid groups (broad SMARTS) is 1. The largest absolute Gasteiger partial charge is 0.480 e. The van der Waals surface area contributed by atoms with Crippen LogP contribution in [0.1, 0.15) is 0 Å². The first-order valence-electron chi connectivity index (χ1n) is 5.51. The van der Waals surface area contributed by atoms with Gasteiger partial charge in [0.2, 0.25) is 10.0 Å². The van der Waals surface area contributed by atoms with Crippen molar-refractivity contribution in [3.05, 3.63) is 29.3 Å². The van der Waals surface area contributed by atoms with E-state index in [1.165, 1.54) is 36.0 Å². The molecular weight excluding hydrogens is 310 g/mol. The van der Waals surface area contributed by atoms with Crippen molar-refractivity contribution in [1.82, 2.24) is 4.31 Å². The van der Waals surface area contributed by atoms with Gasteiger partial charge in [-0.15, -0.1) is 0 Å². The van der Waals surface area contributed by atoms with Gasteiger partial charge in [0, 0.05) is 23.1 Å². The van der Waals surface area contributed by atoms with E-state index in [1.807, 2.05) is 0 Å². The number of nitrogens with zero attached hydrogens (tertiary/aromatic N) is 1. The highest BCUT2D eigenvalue weighted by Gasteiger charge is 2.37. The first kappa shape index (κ1) is 14.6. The molecule has 1 aromatic carbocycles. The molecule has 1 aromatic rings. The van der Waals surface area contributed by atoms with Gasteiger partial charge in [-0.3, -0.25) is 4.79 Å². The van der Waals surface area contributed by atoms with Crippen LogP contribution in [0.15, 0.2) is 29.2 Å². The molecule has 1 atom stereocenters. The molecule has 1 fully saturated rings. The molecule has 0 bridgehead atoms. The zero-order valence-corrected chi connectivity index (χ0v) is 12.2. The molecule has 0 amide bonds. The lowest BCUT2D eigenvalue weighted by molar-refractivity contribution is -0.140. The average Bonchev–Trinajstić information content (AvgIpc) is 2.39. The molecule has 0 aromatic heterocycles. The quantitative estimate of drug-likeness (QED) is 0.914. The predicted octanol–water partition coefficient (Wildman–Crippen LogP) is 1.53. The van der Waals surface area contributed by atoms with Crippen LogP contribution in [0.4, 0.5) is 0 Å². The van der Waals surface area contributed by atoms with Gasteiger partial charge in [-0.2, -0.15) is 16.1 Å². The van der Waals surface area contributed by atoms with Gasteiger partial charge in [0.05, 0.1) is 4.90 Å². The van der Waals surface area contributed by atoms with E-state index < -0.39 is 22.0 Å². The monoisotopic (exact) mass is 321 g/mol. The number of thioether (sulfide) groups is 1. The van der Waals surface area contributed by atoms with E-state index in [1.54, 1.807) is 0 Å². The number of carbonyl (C=O) groups is 1. The van der Waals surface area contributed by atoms with Crippen LogP contribution < -0.4 is 0 Å². The fourth-order valence-electron chi connectivity index (χ4n) is 1.81. The van der Waals surface area contributed by atoms with Gasteiger partial charge in [-0.25, -0.2) is 8.42 Å². The van der Waals surface area contributed by atoms with Crippen molar-refractivity contribution in [2.24, 2.45) is 0 Å². The minimum absolute atomic E-state index is 0.0649. The van der Waals surface area contributed by atoms with Crippen molar-refractivity contribution in [1.29, 1.82) is 0 Å². The summed E-state index contributed by atoms with van der Waals surface area (Å²) in [5.41, 5.74) is 0. The number of hydrogen-bond donors (Lipinski definition) is 1. The number of sulfonamides is 1. The Bertz CT molecular complexity index is 573. The fourth-order valence-corrected chi connectivity index (χ4v) is 4.77. The summed E-state index contributed by atoms with van der Waals surface area (Å²) in [4.78, 5) is 11.2. The minimum atomic E-state index is -3.79. The van der Waals surface area contributed by atoms with Gasteiger partial charge in [-0.05, 0) is 24.3 Å². The molecule has 1 N–H and O–H groups in total. The fraction of sp³-hybridized carbons (Fsp3) is 0.364. The summed E-state index contributed by atoms with van der Waals surface area (Å²) < 4.78 is 25.9. The van der Waals surface area contributed by atoms with Crippen LogP contribution in [0.3, 0.4) is 0 Å². The van der Waals surface area contributed by atoms with Gasteiger partial charge in [0.25, 0.3) is 0 Å². The maximum atomic E-state index is 12.4. The highest BCUT2D eigenvalue weighted by Crippen LogP contribution is 2.25. The van der Waals surface area contributed by atoms with Gasteiger partial charge in [0.1, 0.15) is 6.04 Å². The lowest BCUT2D eigenvalue weighted by Crippen LogP contribution is -2.50. The Hall–Kier alpha value is -0.760. The van der Waals surface area contributed by atoms with Gasteiger partial charge in [0.15, 0.2) is 0 Å². The molecule has 8 heteroatoms. The summed E-state index contributed by atoms with van der Waals surface area (Å²) >= 11 is 7.16. The second-order valence-corrected chi connectivity index (χ2v) is 7.48. The highest BCUT2D eigenvalue weighted by molar-refractivity contribution is 7.99. The first-order valence-corrected chi connectivity index (χ1v) is 8.48. The third kappa shape index (κ3) is 3.05. The predicted molar refractivity (Wildman–Crippen MR) is 74.1 cm³/mol. The van der Waals surface area contributed by atoms with Gasteiger partial charge < -0.3 is 5.11 Å². The van der Waals surface area contributed by atoms with E-state index in [9.17, 15) is 13.2 Å². The summed E-state index contributed by atoms with van der Waals surface area (Å²) in [5, 5.41) is 9.56. The zero-order valence-electron chi connectivity index (χ0n) is 9.82. The number of rotatable bonds is 3. The number of carboxylic acids is 1. The Labute approximate surface area is 120 Å². The molecule has 2 rings (SSSR count). The van der Waals surface area contributed by atoms with Crippen molar-refractivity contribution >= 4 is 39.4 Å². The molecule has 0 spiro atoms. The molecule has 0 aliphatic carbocycles. The second kappa shape index (κ2) is 5.70. The van der Waals surface area contributed by atoms with Gasteiger partial charge in [-0.1, -0.05) is 11.6 Å². The molecular formula is C11H12ClNO4S2. The molecule has 5 nitrogen and oxygen atoms in total. The van der Waals surface area contributed by atoms with Crippen LogP contribution >= 0.6 is 23.4 Å². The molecule has 0 radical (unpaired) electrons. The average molecular weight is 322 g/mol. The van der Waals surface area contributed by atoms with Crippen molar-refractivity contribution in [3.8, 4) is 0 Å². The third-order valence-electron chi connectivity index (χ3n) is 2.78. The van der Waals surface area contributed by atoms with Crippen LogP contribution in [0.25, 0.3) is 0 Å². The number of hydrogen-bond acceptors (Lipinski definition) is 4. The summed E-state index contributed by atoms with van der Waals surface area (Å²) in [5.74, 6) is -0.261. The van der Waals surface area contributed by atoms with E-state index >= 15 is 0 Å². The molecule has 1 heterocycles. The standard InChI is InChI=1S/C11H12ClNO4S2/c12-8-1-3-9(4-2-8)19(16,17)13-5-6-18-7-10(13)11(14)15/h1-4,10H,5-7H2,(H,14,15). The molecule has 1 aliphatic rings. The summed E-state index contributed by atoms with van der Waals surface area (Å²) in [6.45, 7) is 0.201. The maximum Gasteiger partial charge on any atom is 0.322 e. The van der Waals surface area contributed by atoms with Crippen molar-refractivity contribution in [3.63, 3.8) is 0 Å². The molecule has 0 saturated carbocycles. The highest BCUT2D eigenvalue weighted by atomic mass is 35.5. The SMILES string of the molecule is O=C(O)C1CSCCN1S(=O)(=O)c1ccc(Cl)cc1. The topological polar surface area (TPSA) is 74.7 Å². The Morgan fingerprint density at radius 1 is 1.37 bits per heavy atom. The Kier molecular flexibility index (Phi) is 4.39. The van der Waals surface area contributed by atoms with Crippen LogP contribution in [-0.4, -0.2) is 47.9 Å². The van der Waals surface area contributed by atoms with E-state index in [2.05, 4.69) is 0 Å². The Morgan fingerprint density at radius 2 is 2.00 bits per heavy atom. The lowest BCUT2D eigenvalue weighted by Gasteiger charge is -2.31. The summed E-state index contributed by atoms with van der Waals surface area (Å²) in [7, 11) is -3.79. The van der Waals surface area contributed by atoms with Crippen molar-refractivity contribution < 1.29 is 18.3 Å². The molecule has 1 saturated heterocycles. The second-order valence-electron chi connectivity index (χ2n) is 4.00. The number of aliphatic carboxylic acids is 1. The molecule has 19 heavy (non-hydrogen) atoms. The maximum absolute atomic E-state index is 12.4. The Balaban J connectivity index is 2.37. The molecule has 1 aliphatic heterocycles. The lowest BCUT2D eigenvalue weighted by atomic mass is 10.3. The third-order valence-corrected chi connectivity index (χ3v) is 5.98. The van der Waals surface area contributed by atoms with Crippen LogP contribution in [-0.2, 0) is 14.8 Å². The van der Waals surface area contributed by atoms with Crippen LogP contribution in [0, 0.1) is 0 Å². The van der Waals surface area contributed by atoms with Crippen LogP contribution in [0.5, 0.6) is 0 Å². The smallest absolute Gasteiger partial charge is 0.322 e. The van der Waals surface area contributed by atoms with E-state index in [0.717, 1.165) is 4.31 Å². The van der Waals surface area contributed by atoms with E-state index in [4.69, 9.17) is 16.7 Å².